The lowest BCUT2D eigenvalue weighted by atomic mass is 10.3. The van der Waals surface area contributed by atoms with E-state index in [9.17, 15) is 0 Å². The fraction of sp³-hybridized carbons (Fsp3) is 0.286. The van der Waals surface area contributed by atoms with Crippen molar-refractivity contribution in [2.24, 2.45) is 0 Å². The summed E-state index contributed by atoms with van der Waals surface area (Å²) in [5.41, 5.74) is 0. The number of ether oxygens (including phenoxy) is 2. The van der Waals surface area contributed by atoms with Gasteiger partial charge >= 0.3 is 0 Å². The van der Waals surface area contributed by atoms with Crippen LogP contribution in [0.4, 0.5) is 5.82 Å². The van der Waals surface area contributed by atoms with Gasteiger partial charge in [0, 0.05) is 25.1 Å². The molecule has 0 radical (unpaired) electrons. The van der Waals surface area contributed by atoms with E-state index in [0.717, 1.165) is 21.5 Å². The molecular weight excluding hydrogens is 274 g/mol. The number of hydrogen-bond donors (Lipinski definition) is 1. The molecule has 2 aromatic rings. The summed E-state index contributed by atoms with van der Waals surface area (Å²) in [5.74, 6) is 2.28. The number of rotatable bonds is 6. The third-order valence-corrected chi connectivity index (χ3v) is 3.49. The Bertz CT molecular complexity index is 561. The molecular formula is C14H17N3O2S. The van der Waals surface area contributed by atoms with Crippen molar-refractivity contribution < 1.29 is 9.47 Å². The van der Waals surface area contributed by atoms with Crippen LogP contribution >= 0.6 is 11.8 Å². The van der Waals surface area contributed by atoms with E-state index in [1.54, 1.807) is 26.0 Å². The highest BCUT2D eigenvalue weighted by Gasteiger charge is 2.06. The number of nitrogens with one attached hydrogen (secondary N) is 1. The largest absolute Gasteiger partial charge is 0.497 e. The molecule has 1 heterocycles. The predicted molar refractivity (Wildman–Crippen MR) is 79.4 cm³/mol. The van der Waals surface area contributed by atoms with Gasteiger partial charge in [0.25, 0.3) is 0 Å². The second-order valence-electron chi connectivity index (χ2n) is 3.97. The molecule has 0 spiro atoms. The molecule has 0 saturated carbocycles. The Hall–Kier alpha value is -1.79. The maximum absolute atomic E-state index is 5.15. The van der Waals surface area contributed by atoms with Gasteiger partial charge in [-0.25, -0.2) is 9.97 Å². The summed E-state index contributed by atoms with van der Waals surface area (Å²) < 4.78 is 10.2. The number of anilines is 1. The van der Waals surface area contributed by atoms with Gasteiger partial charge in [0.1, 0.15) is 23.2 Å². The van der Waals surface area contributed by atoms with Crippen LogP contribution in [0.2, 0.25) is 0 Å². The highest BCUT2D eigenvalue weighted by molar-refractivity contribution is 7.99. The molecule has 2 rings (SSSR count). The van der Waals surface area contributed by atoms with Crippen molar-refractivity contribution in [3.05, 3.63) is 36.2 Å². The smallest absolute Gasteiger partial charge is 0.157 e. The maximum Gasteiger partial charge on any atom is 0.157 e. The van der Waals surface area contributed by atoms with Crippen molar-refractivity contribution >= 4 is 17.6 Å². The first-order valence-electron chi connectivity index (χ1n) is 6.11. The lowest BCUT2D eigenvalue weighted by molar-refractivity contribution is 0.177. The minimum Gasteiger partial charge on any atom is -0.497 e. The fourth-order valence-electron chi connectivity index (χ4n) is 1.61. The Morgan fingerprint density at radius 1 is 1.15 bits per heavy atom. The Labute approximate surface area is 122 Å². The zero-order valence-electron chi connectivity index (χ0n) is 11.7. The quantitative estimate of drug-likeness (QED) is 0.826. The molecule has 0 saturated heterocycles. The van der Waals surface area contributed by atoms with Gasteiger partial charge in [-0.3, -0.25) is 0 Å². The molecule has 0 atom stereocenters. The third kappa shape index (κ3) is 3.85. The molecule has 0 amide bonds. The lowest BCUT2D eigenvalue weighted by Crippen LogP contribution is -2.02. The van der Waals surface area contributed by atoms with Crippen LogP contribution in [0.15, 0.2) is 40.3 Å². The summed E-state index contributed by atoms with van der Waals surface area (Å²) in [6, 6.07) is 9.77. The van der Waals surface area contributed by atoms with E-state index < -0.39 is 0 Å². The van der Waals surface area contributed by atoms with Crippen LogP contribution in [-0.2, 0) is 11.3 Å². The standard InChI is InChI=1S/C14H17N3O2S/c1-15-12-8-14(17-13(16-12)9-18-2)20-11-6-4-10(19-3)5-7-11/h4-8H,9H2,1-3H3,(H,15,16,17). The Balaban J connectivity index is 2.20. The average molecular weight is 291 g/mol. The molecule has 0 fully saturated rings. The Kier molecular flexibility index (Phi) is 5.20. The van der Waals surface area contributed by atoms with E-state index in [1.165, 1.54) is 0 Å². The number of benzene rings is 1. The predicted octanol–water partition coefficient (Wildman–Crippen LogP) is 2.82. The maximum atomic E-state index is 5.15. The summed E-state index contributed by atoms with van der Waals surface area (Å²) in [6.45, 7) is 0.395. The van der Waals surface area contributed by atoms with Crippen LogP contribution in [0.1, 0.15) is 5.82 Å². The Morgan fingerprint density at radius 2 is 1.90 bits per heavy atom. The molecule has 6 heteroatoms. The zero-order chi connectivity index (χ0) is 14.4. The molecule has 1 aromatic heterocycles. The number of aromatic nitrogens is 2. The highest BCUT2D eigenvalue weighted by Crippen LogP contribution is 2.28. The van der Waals surface area contributed by atoms with E-state index >= 15 is 0 Å². The third-order valence-electron chi connectivity index (χ3n) is 2.56. The fourth-order valence-corrected chi connectivity index (χ4v) is 2.45. The van der Waals surface area contributed by atoms with Crippen LogP contribution in [0.5, 0.6) is 5.75 Å². The van der Waals surface area contributed by atoms with Crippen molar-refractivity contribution in [3.8, 4) is 5.75 Å². The van der Waals surface area contributed by atoms with Gasteiger partial charge in [0.05, 0.1) is 7.11 Å². The van der Waals surface area contributed by atoms with E-state index in [2.05, 4.69) is 15.3 Å². The summed E-state index contributed by atoms with van der Waals surface area (Å²) in [4.78, 5) is 9.89. The highest BCUT2D eigenvalue weighted by atomic mass is 32.2. The molecule has 0 bridgehead atoms. The van der Waals surface area contributed by atoms with Crippen LogP contribution in [0.3, 0.4) is 0 Å². The van der Waals surface area contributed by atoms with Crippen LogP contribution in [-0.4, -0.2) is 31.2 Å². The minimum atomic E-state index is 0.395. The number of hydrogen-bond acceptors (Lipinski definition) is 6. The molecule has 0 unspecified atom stereocenters. The van der Waals surface area contributed by atoms with Gasteiger partial charge in [-0.05, 0) is 24.3 Å². The van der Waals surface area contributed by atoms with Crippen LogP contribution in [0.25, 0.3) is 0 Å². The molecule has 0 aliphatic rings. The summed E-state index contributed by atoms with van der Waals surface area (Å²) >= 11 is 1.57. The van der Waals surface area contributed by atoms with E-state index in [4.69, 9.17) is 9.47 Å². The first-order chi connectivity index (χ1) is 9.75. The van der Waals surface area contributed by atoms with Gasteiger partial charge < -0.3 is 14.8 Å². The first kappa shape index (κ1) is 14.6. The number of methoxy groups -OCH3 is 2. The second kappa shape index (κ2) is 7.12. The monoisotopic (exact) mass is 291 g/mol. The molecule has 20 heavy (non-hydrogen) atoms. The van der Waals surface area contributed by atoms with Gasteiger partial charge in [0.2, 0.25) is 0 Å². The minimum absolute atomic E-state index is 0.395. The topological polar surface area (TPSA) is 56.3 Å². The van der Waals surface area contributed by atoms with Crippen molar-refractivity contribution in [1.29, 1.82) is 0 Å². The van der Waals surface area contributed by atoms with Gasteiger partial charge in [-0.1, -0.05) is 11.8 Å². The van der Waals surface area contributed by atoms with Crippen molar-refractivity contribution in [2.75, 3.05) is 26.6 Å². The molecule has 1 N–H and O–H groups in total. The summed E-state index contributed by atoms with van der Waals surface area (Å²) in [7, 11) is 5.12. The normalized spacial score (nSPS) is 10.3. The van der Waals surface area contributed by atoms with Crippen molar-refractivity contribution in [2.45, 2.75) is 16.5 Å². The van der Waals surface area contributed by atoms with Gasteiger partial charge in [-0.2, -0.15) is 0 Å². The molecule has 106 valence electrons. The summed E-state index contributed by atoms with van der Waals surface area (Å²) in [5, 5.41) is 3.91. The van der Waals surface area contributed by atoms with Gasteiger partial charge in [0.15, 0.2) is 5.82 Å². The van der Waals surface area contributed by atoms with E-state index in [1.807, 2.05) is 37.4 Å². The molecule has 0 aliphatic carbocycles. The van der Waals surface area contributed by atoms with E-state index in [-0.39, 0.29) is 0 Å². The second-order valence-corrected chi connectivity index (χ2v) is 5.06. The van der Waals surface area contributed by atoms with Gasteiger partial charge in [-0.15, -0.1) is 0 Å². The summed E-state index contributed by atoms with van der Waals surface area (Å²) in [6.07, 6.45) is 0. The lowest BCUT2D eigenvalue weighted by Gasteiger charge is -2.07. The van der Waals surface area contributed by atoms with Crippen molar-refractivity contribution in [3.63, 3.8) is 0 Å². The average Bonchev–Trinajstić information content (AvgIpc) is 2.48. The molecule has 0 aliphatic heterocycles. The number of nitrogens with zero attached hydrogens (tertiary/aromatic N) is 2. The van der Waals surface area contributed by atoms with Crippen LogP contribution in [0, 0.1) is 0 Å². The molecule has 1 aromatic carbocycles. The van der Waals surface area contributed by atoms with E-state index in [0.29, 0.717) is 12.4 Å². The molecule has 5 nitrogen and oxygen atoms in total. The zero-order valence-corrected chi connectivity index (χ0v) is 12.5. The Morgan fingerprint density at radius 3 is 2.50 bits per heavy atom. The SMILES string of the molecule is CNc1cc(Sc2ccc(OC)cc2)nc(COC)n1. The first-order valence-corrected chi connectivity index (χ1v) is 6.93. The van der Waals surface area contributed by atoms with Crippen LogP contribution < -0.4 is 10.1 Å². The van der Waals surface area contributed by atoms with Crippen molar-refractivity contribution in [1.82, 2.24) is 9.97 Å².